The number of phenolic OH excluding ortho intramolecular Hbond substituents is 6. The monoisotopic (exact) mass is 558 g/mol. The molecule has 0 fully saturated rings. The number of aromatic hydroxyl groups is 6. The molecule has 11 heteroatoms. The fourth-order valence-electron chi connectivity index (χ4n) is 6.11. The molecule has 0 saturated heterocycles. The highest BCUT2D eigenvalue weighted by atomic mass is 16.6. The molecule has 3 aliphatic heterocycles. The molecule has 208 valence electrons. The molecular weight excluding hydrogens is 536 g/mol. The second kappa shape index (κ2) is 8.35. The molecule has 4 aromatic rings. The van der Waals surface area contributed by atoms with Crippen molar-refractivity contribution in [2.75, 3.05) is 0 Å². The van der Waals surface area contributed by atoms with Crippen molar-refractivity contribution in [3.05, 3.63) is 88.5 Å². The van der Waals surface area contributed by atoms with Crippen molar-refractivity contribution in [2.45, 2.75) is 30.1 Å². The lowest BCUT2D eigenvalue weighted by Crippen LogP contribution is -2.40. The average Bonchev–Trinajstić information content (AvgIpc) is 3.41. The third kappa shape index (κ3) is 3.32. The summed E-state index contributed by atoms with van der Waals surface area (Å²) in [7, 11) is 0. The van der Waals surface area contributed by atoms with Crippen LogP contribution in [0.2, 0.25) is 0 Å². The number of hydrogen-bond acceptors (Lipinski definition) is 11. The van der Waals surface area contributed by atoms with E-state index in [-0.39, 0.29) is 63.2 Å². The van der Waals surface area contributed by atoms with Crippen molar-refractivity contribution < 1.29 is 54.8 Å². The molecular formula is C30H22O11. The number of hydrogen-bond donors (Lipinski definition) is 7. The molecule has 4 aromatic carbocycles. The SMILES string of the molecule is O=C1Oc2cc(O)c3c(c2[C@]12c1c(O)cc(O)cc1O[C@H]2c1ccc(O)c(O)c1)O[C@@H](c1ccc(O)cc1)[C@@H](O)C3. The Balaban J connectivity index is 1.52. The molecule has 0 aliphatic carbocycles. The van der Waals surface area contributed by atoms with Gasteiger partial charge in [-0.15, -0.1) is 0 Å². The van der Waals surface area contributed by atoms with E-state index in [0.717, 1.165) is 6.07 Å². The first-order valence-corrected chi connectivity index (χ1v) is 12.6. The van der Waals surface area contributed by atoms with Gasteiger partial charge in [0.05, 0.1) is 17.2 Å². The summed E-state index contributed by atoms with van der Waals surface area (Å²) in [5.41, 5.74) is -1.00. The quantitative estimate of drug-likeness (QED) is 0.109. The van der Waals surface area contributed by atoms with Gasteiger partial charge in [-0.3, -0.25) is 4.79 Å². The van der Waals surface area contributed by atoms with Gasteiger partial charge in [0.15, 0.2) is 16.9 Å². The molecule has 3 aliphatic rings. The van der Waals surface area contributed by atoms with E-state index in [2.05, 4.69) is 0 Å². The highest BCUT2D eigenvalue weighted by Gasteiger charge is 2.66. The lowest BCUT2D eigenvalue weighted by molar-refractivity contribution is -0.139. The first-order valence-electron chi connectivity index (χ1n) is 12.6. The summed E-state index contributed by atoms with van der Waals surface area (Å²) in [4.78, 5) is 14.0. The molecule has 7 rings (SSSR count). The zero-order valence-electron chi connectivity index (χ0n) is 21.0. The summed E-state index contributed by atoms with van der Waals surface area (Å²) in [6.45, 7) is 0. The number of ether oxygens (including phenoxy) is 3. The van der Waals surface area contributed by atoms with Gasteiger partial charge in [-0.25, -0.2) is 0 Å². The number of rotatable bonds is 2. The number of esters is 1. The van der Waals surface area contributed by atoms with Crippen LogP contribution in [0.1, 0.15) is 40.0 Å². The maximum atomic E-state index is 14.0. The maximum Gasteiger partial charge on any atom is 0.331 e. The second-order valence-electron chi connectivity index (χ2n) is 10.3. The zero-order valence-corrected chi connectivity index (χ0v) is 21.0. The van der Waals surface area contributed by atoms with E-state index in [0.29, 0.717) is 5.56 Å². The van der Waals surface area contributed by atoms with E-state index in [1.807, 2.05) is 0 Å². The number of aliphatic hydroxyl groups excluding tert-OH is 1. The number of aliphatic hydroxyl groups is 1. The van der Waals surface area contributed by atoms with Crippen molar-refractivity contribution in [2.24, 2.45) is 0 Å². The maximum absolute atomic E-state index is 14.0. The van der Waals surface area contributed by atoms with E-state index in [9.17, 15) is 40.5 Å². The van der Waals surface area contributed by atoms with Gasteiger partial charge < -0.3 is 50.0 Å². The van der Waals surface area contributed by atoms with E-state index >= 15 is 0 Å². The fourth-order valence-corrected chi connectivity index (χ4v) is 6.11. The summed E-state index contributed by atoms with van der Waals surface area (Å²) in [5, 5.41) is 73.2. The van der Waals surface area contributed by atoms with Crippen LogP contribution >= 0.6 is 0 Å². The number of carbonyl (C=O) groups is 1. The molecule has 7 N–H and O–H groups in total. The van der Waals surface area contributed by atoms with E-state index < -0.39 is 46.9 Å². The molecule has 0 unspecified atom stereocenters. The third-order valence-electron chi connectivity index (χ3n) is 7.87. The minimum atomic E-state index is -1.97. The van der Waals surface area contributed by atoms with Crippen LogP contribution in [-0.2, 0) is 16.6 Å². The topological polar surface area (TPSA) is 186 Å². The zero-order chi connectivity index (χ0) is 28.8. The van der Waals surface area contributed by atoms with Crippen molar-refractivity contribution in [3.63, 3.8) is 0 Å². The Morgan fingerprint density at radius 3 is 2.15 bits per heavy atom. The predicted molar refractivity (Wildman–Crippen MR) is 139 cm³/mol. The van der Waals surface area contributed by atoms with Gasteiger partial charge in [-0.05, 0) is 35.4 Å². The van der Waals surface area contributed by atoms with Gasteiger partial charge >= 0.3 is 5.97 Å². The van der Waals surface area contributed by atoms with Crippen LogP contribution in [0.25, 0.3) is 0 Å². The standard InChI is InChI=1S/C30H22O11/c31-14-4-1-12(2-5-14)26-21(37)10-16-18(34)11-23-25(27(16)41-26)30(29(38)40-23)24-20(36)8-15(32)9-22(24)39-28(30)13-3-6-17(33)19(35)7-13/h1-9,11,21,26,28,31-37H,10H2/t21-,26-,28-,30-/m0/s1. The Morgan fingerprint density at radius 1 is 0.683 bits per heavy atom. The van der Waals surface area contributed by atoms with Gasteiger partial charge in [-0.2, -0.15) is 0 Å². The molecule has 0 aromatic heterocycles. The van der Waals surface area contributed by atoms with Crippen molar-refractivity contribution >= 4 is 5.97 Å². The number of phenols is 6. The molecule has 0 saturated carbocycles. The number of fused-ring (bicyclic) bond motifs is 6. The third-order valence-corrected chi connectivity index (χ3v) is 7.87. The van der Waals surface area contributed by atoms with Crippen LogP contribution in [0.5, 0.6) is 51.7 Å². The Hall–Kier alpha value is -5.29. The Morgan fingerprint density at radius 2 is 1.41 bits per heavy atom. The van der Waals surface area contributed by atoms with Gasteiger partial charge in [-0.1, -0.05) is 18.2 Å². The predicted octanol–water partition coefficient (Wildman–Crippen LogP) is 3.30. The molecule has 0 amide bonds. The second-order valence-corrected chi connectivity index (χ2v) is 10.3. The summed E-state index contributed by atoms with van der Waals surface area (Å²) in [6, 6.07) is 13.3. The van der Waals surface area contributed by atoms with Crippen molar-refractivity contribution in [1.82, 2.24) is 0 Å². The average molecular weight is 558 g/mol. The van der Waals surface area contributed by atoms with E-state index in [4.69, 9.17) is 14.2 Å². The highest BCUT2D eigenvalue weighted by molar-refractivity contribution is 6.00. The molecule has 1 spiro atoms. The number of carbonyl (C=O) groups excluding carboxylic acids is 1. The first kappa shape index (κ1) is 24.7. The highest BCUT2D eigenvalue weighted by Crippen LogP contribution is 2.66. The smallest absolute Gasteiger partial charge is 0.331 e. The Labute approximate surface area is 231 Å². The summed E-state index contributed by atoms with van der Waals surface area (Å²) in [5.74, 6) is -3.00. The lowest BCUT2D eigenvalue weighted by atomic mass is 9.69. The minimum Gasteiger partial charge on any atom is -0.508 e. The Kier molecular flexibility index (Phi) is 5.04. The summed E-state index contributed by atoms with van der Waals surface area (Å²) in [6.07, 6.45) is -3.48. The largest absolute Gasteiger partial charge is 0.508 e. The van der Waals surface area contributed by atoms with Gasteiger partial charge in [0.2, 0.25) is 0 Å². The molecule has 4 atom stereocenters. The van der Waals surface area contributed by atoms with E-state index in [1.165, 1.54) is 42.5 Å². The van der Waals surface area contributed by atoms with Crippen LogP contribution < -0.4 is 14.2 Å². The molecule has 11 nitrogen and oxygen atoms in total. The molecule has 0 radical (unpaired) electrons. The molecule has 3 heterocycles. The van der Waals surface area contributed by atoms with Crippen LogP contribution in [0, 0.1) is 0 Å². The van der Waals surface area contributed by atoms with Crippen LogP contribution in [-0.4, -0.2) is 47.8 Å². The fraction of sp³-hybridized carbons (Fsp3) is 0.167. The summed E-state index contributed by atoms with van der Waals surface area (Å²) >= 11 is 0. The van der Waals surface area contributed by atoms with Crippen LogP contribution in [0.3, 0.4) is 0 Å². The van der Waals surface area contributed by atoms with Gasteiger partial charge in [0, 0.05) is 30.2 Å². The molecule has 0 bridgehead atoms. The van der Waals surface area contributed by atoms with Crippen molar-refractivity contribution in [3.8, 4) is 51.7 Å². The normalized spacial score (nSPS) is 23.7. The minimum absolute atomic E-state index is 0.00867. The lowest BCUT2D eigenvalue weighted by Gasteiger charge is -2.35. The van der Waals surface area contributed by atoms with Crippen LogP contribution in [0.15, 0.2) is 60.7 Å². The van der Waals surface area contributed by atoms with Crippen molar-refractivity contribution in [1.29, 1.82) is 0 Å². The first-order chi connectivity index (χ1) is 19.6. The van der Waals surface area contributed by atoms with E-state index in [1.54, 1.807) is 12.1 Å². The van der Waals surface area contributed by atoms with Crippen LogP contribution in [0.4, 0.5) is 0 Å². The van der Waals surface area contributed by atoms with Gasteiger partial charge in [0.1, 0.15) is 52.5 Å². The Bertz CT molecular complexity index is 1760. The number of benzene rings is 4. The van der Waals surface area contributed by atoms with Gasteiger partial charge in [0.25, 0.3) is 0 Å². The molecule has 41 heavy (non-hydrogen) atoms. The summed E-state index contributed by atoms with van der Waals surface area (Å²) < 4.78 is 18.2.